The molecule has 6 heteroatoms. The van der Waals surface area contributed by atoms with Gasteiger partial charge in [0.25, 0.3) is 0 Å². The minimum Gasteiger partial charge on any atom is -0.225 e. The molecule has 0 amide bonds. The highest BCUT2D eigenvalue weighted by Crippen LogP contribution is 2.09. The van der Waals surface area contributed by atoms with Crippen molar-refractivity contribution in [3.8, 4) is 0 Å². The third-order valence-electron chi connectivity index (χ3n) is 1.50. The van der Waals surface area contributed by atoms with Crippen molar-refractivity contribution >= 4 is 22.4 Å². The fourth-order valence-corrected chi connectivity index (χ4v) is 1.52. The highest BCUT2D eigenvalue weighted by Gasteiger charge is 2.05. The zero-order valence-corrected chi connectivity index (χ0v) is 8.31. The molecule has 0 unspecified atom stereocenters. The molecule has 0 heterocycles. The van der Waals surface area contributed by atoms with Crippen LogP contribution >= 0.6 is 0 Å². The molecule has 0 radical (unpaired) electrons. The predicted molar refractivity (Wildman–Crippen MR) is 51.3 cm³/mol. The van der Waals surface area contributed by atoms with Crippen LogP contribution in [0.4, 0.5) is 0 Å². The number of primary sulfonamides is 1. The van der Waals surface area contributed by atoms with E-state index in [0.29, 0.717) is 6.54 Å². The lowest BCUT2D eigenvalue weighted by molar-refractivity contribution is 0.598. The maximum absolute atomic E-state index is 10.8. The summed E-state index contributed by atoms with van der Waals surface area (Å²) < 4.78 is 25.2. The van der Waals surface area contributed by atoms with E-state index < -0.39 is 10.0 Å². The Morgan fingerprint density at radius 3 is 2.23 bits per heavy atom. The second kappa shape index (κ2) is 3.91. The van der Waals surface area contributed by atoms with Crippen LogP contribution < -0.4 is 5.14 Å². The third kappa shape index (κ3) is 2.83. The Labute approximate surface area is 82.0 Å². The summed E-state index contributed by atoms with van der Waals surface area (Å²) in [5.41, 5.74) is 0.863. The molecule has 0 aliphatic heterocycles. The first-order valence-electron chi connectivity index (χ1n) is 3.45. The van der Waals surface area contributed by atoms with Gasteiger partial charge in [-0.25, -0.2) is 17.9 Å². The second-order valence-corrected chi connectivity index (χ2v) is 4.30. The van der Waals surface area contributed by atoms with Gasteiger partial charge in [0.05, 0.1) is 11.4 Å². The molecule has 0 spiro atoms. The Bertz CT molecular complexity index is 397. The molecule has 0 saturated heterocycles. The standard InChI is InChI=1S/C7H8N2O2S2/c8-13(10,11)7-3-1-6(2-4-7)5-9-12/h1-4H,5H2,(H2,8,10,11). The molecule has 1 aromatic rings. The Hall–Kier alpha value is -0.850. The van der Waals surface area contributed by atoms with Gasteiger partial charge in [-0.2, -0.15) is 0 Å². The number of sulfonamides is 1. The third-order valence-corrected chi connectivity index (χ3v) is 2.56. The van der Waals surface area contributed by atoms with Crippen LogP contribution in [0.25, 0.3) is 0 Å². The molecule has 1 rings (SSSR count). The van der Waals surface area contributed by atoms with Gasteiger partial charge >= 0.3 is 0 Å². The van der Waals surface area contributed by atoms with Gasteiger partial charge in [0.15, 0.2) is 0 Å². The van der Waals surface area contributed by atoms with E-state index in [-0.39, 0.29) is 4.90 Å². The average molecular weight is 216 g/mol. The maximum atomic E-state index is 10.8. The van der Waals surface area contributed by atoms with E-state index in [9.17, 15) is 8.42 Å². The first-order chi connectivity index (χ1) is 6.04. The van der Waals surface area contributed by atoms with Gasteiger partial charge < -0.3 is 0 Å². The van der Waals surface area contributed by atoms with Gasteiger partial charge in [0.1, 0.15) is 0 Å². The van der Waals surface area contributed by atoms with Gasteiger partial charge in [-0.3, -0.25) is 0 Å². The summed E-state index contributed by atoms with van der Waals surface area (Å²) in [6.45, 7) is 0.403. The lowest BCUT2D eigenvalue weighted by Crippen LogP contribution is -2.11. The van der Waals surface area contributed by atoms with Crippen molar-refractivity contribution in [2.24, 2.45) is 9.50 Å². The van der Waals surface area contributed by atoms with Crippen molar-refractivity contribution in [2.45, 2.75) is 11.4 Å². The summed E-state index contributed by atoms with van der Waals surface area (Å²) in [6, 6.07) is 6.14. The molecule has 0 bridgehead atoms. The first kappa shape index (κ1) is 10.2. The van der Waals surface area contributed by atoms with E-state index in [0.717, 1.165) is 5.56 Å². The van der Waals surface area contributed by atoms with Crippen LogP contribution in [0.5, 0.6) is 0 Å². The summed E-state index contributed by atoms with van der Waals surface area (Å²) >= 11 is 4.42. The number of hydrogen-bond donors (Lipinski definition) is 1. The molecule has 0 atom stereocenters. The molecule has 0 fully saturated rings. The largest absolute Gasteiger partial charge is 0.238 e. The number of hydrogen-bond acceptors (Lipinski definition) is 4. The van der Waals surface area contributed by atoms with Crippen LogP contribution in [0, 0.1) is 0 Å². The van der Waals surface area contributed by atoms with Crippen molar-refractivity contribution in [1.82, 2.24) is 0 Å². The quantitative estimate of drug-likeness (QED) is 0.802. The van der Waals surface area contributed by atoms with E-state index >= 15 is 0 Å². The van der Waals surface area contributed by atoms with Crippen molar-refractivity contribution in [3.05, 3.63) is 29.8 Å². The molecule has 4 nitrogen and oxygen atoms in total. The minimum atomic E-state index is -3.59. The van der Waals surface area contributed by atoms with Crippen LogP contribution in [0.2, 0.25) is 0 Å². The fourth-order valence-electron chi connectivity index (χ4n) is 0.859. The molecule has 1 aromatic carbocycles. The molecular formula is C7H8N2O2S2. The summed E-state index contributed by atoms with van der Waals surface area (Å²) in [6.07, 6.45) is 0. The monoisotopic (exact) mass is 216 g/mol. The van der Waals surface area contributed by atoms with Gasteiger partial charge in [-0.05, 0) is 17.7 Å². The molecule has 0 aliphatic rings. The second-order valence-electron chi connectivity index (χ2n) is 2.48. The predicted octanol–water partition coefficient (Wildman–Crippen LogP) is 0.565. The Kier molecular flexibility index (Phi) is 3.07. The normalized spacial score (nSPS) is 11.2. The van der Waals surface area contributed by atoms with Crippen LogP contribution in [0.1, 0.15) is 5.56 Å². The summed E-state index contributed by atoms with van der Waals surface area (Å²) in [4.78, 5) is 0.0978. The van der Waals surface area contributed by atoms with E-state index in [1.54, 1.807) is 12.1 Å². The van der Waals surface area contributed by atoms with E-state index in [1.165, 1.54) is 12.1 Å². The molecule has 13 heavy (non-hydrogen) atoms. The Balaban J connectivity index is 3.01. The van der Waals surface area contributed by atoms with Crippen LogP contribution in [0.3, 0.4) is 0 Å². The molecule has 0 aliphatic carbocycles. The lowest BCUT2D eigenvalue weighted by atomic mass is 10.2. The number of benzene rings is 1. The molecular weight excluding hydrogens is 208 g/mol. The first-order valence-corrected chi connectivity index (χ1v) is 5.36. The molecule has 70 valence electrons. The zero-order chi connectivity index (χ0) is 9.90. The van der Waals surface area contributed by atoms with Gasteiger partial charge in [0, 0.05) is 12.4 Å². The minimum absolute atomic E-state index is 0.0978. The van der Waals surface area contributed by atoms with Gasteiger partial charge in [-0.1, -0.05) is 12.1 Å². The molecule has 2 N–H and O–H groups in total. The Morgan fingerprint density at radius 2 is 1.85 bits per heavy atom. The maximum Gasteiger partial charge on any atom is 0.238 e. The fraction of sp³-hybridized carbons (Fsp3) is 0.143. The van der Waals surface area contributed by atoms with Crippen LogP contribution in [0.15, 0.2) is 33.5 Å². The van der Waals surface area contributed by atoms with Crippen LogP contribution in [-0.2, 0) is 29.0 Å². The summed E-state index contributed by atoms with van der Waals surface area (Å²) in [5, 5.41) is 4.91. The summed E-state index contributed by atoms with van der Waals surface area (Å²) in [5.74, 6) is 0. The van der Waals surface area contributed by atoms with E-state index in [4.69, 9.17) is 5.14 Å². The smallest absolute Gasteiger partial charge is 0.225 e. The van der Waals surface area contributed by atoms with E-state index in [1.807, 2.05) is 0 Å². The van der Waals surface area contributed by atoms with E-state index in [2.05, 4.69) is 16.8 Å². The molecule has 0 aromatic heterocycles. The van der Waals surface area contributed by atoms with Crippen molar-refractivity contribution in [1.29, 1.82) is 0 Å². The number of nitrogens with zero attached hydrogens (tertiary/aromatic N) is 1. The molecule has 0 saturated carbocycles. The van der Waals surface area contributed by atoms with Crippen molar-refractivity contribution < 1.29 is 8.42 Å². The number of rotatable bonds is 3. The van der Waals surface area contributed by atoms with Gasteiger partial charge in [0.2, 0.25) is 10.0 Å². The number of nitrogens with two attached hydrogens (primary N) is 1. The van der Waals surface area contributed by atoms with Crippen LogP contribution in [-0.4, -0.2) is 8.42 Å². The highest BCUT2D eigenvalue weighted by atomic mass is 32.2. The highest BCUT2D eigenvalue weighted by molar-refractivity contribution is 7.89. The average Bonchev–Trinajstić information content (AvgIpc) is 2.04. The van der Waals surface area contributed by atoms with Crippen molar-refractivity contribution in [3.63, 3.8) is 0 Å². The summed E-state index contributed by atoms with van der Waals surface area (Å²) in [7, 11) is -3.59. The van der Waals surface area contributed by atoms with Gasteiger partial charge in [-0.15, -0.1) is 0 Å². The topological polar surface area (TPSA) is 72.5 Å². The van der Waals surface area contributed by atoms with Crippen molar-refractivity contribution in [2.75, 3.05) is 0 Å². The Morgan fingerprint density at radius 1 is 1.31 bits per heavy atom. The SMILES string of the molecule is NS(=O)(=O)c1ccc(CN=S)cc1. The lowest BCUT2D eigenvalue weighted by Gasteiger charge is -1.98. The zero-order valence-electron chi connectivity index (χ0n) is 6.67.